The topological polar surface area (TPSA) is 49.4 Å². The van der Waals surface area contributed by atoms with Gasteiger partial charge in [-0.05, 0) is 50.2 Å². The maximum absolute atomic E-state index is 12.1. The molecule has 136 valence electrons. The van der Waals surface area contributed by atoms with Crippen LogP contribution in [0.2, 0.25) is 0 Å². The molecule has 4 heteroatoms. The van der Waals surface area contributed by atoms with Crippen molar-refractivity contribution in [1.82, 2.24) is 10.2 Å². The Hall–Kier alpha value is -2.10. The Kier molecular flexibility index (Phi) is 7.71. The molecule has 0 bridgehead atoms. The van der Waals surface area contributed by atoms with Gasteiger partial charge in [0.1, 0.15) is 0 Å². The van der Waals surface area contributed by atoms with Gasteiger partial charge in [0.2, 0.25) is 11.8 Å². The summed E-state index contributed by atoms with van der Waals surface area (Å²) in [5.74, 6) is 0.0239. The van der Waals surface area contributed by atoms with Gasteiger partial charge in [-0.25, -0.2) is 0 Å². The van der Waals surface area contributed by atoms with Gasteiger partial charge in [0.15, 0.2) is 0 Å². The summed E-state index contributed by atoms with van der Waals surface area (Å²) in [5.41, 5.74) is 3.76. The Balaban J connectivity index is 1.74. The molecule has 0 unspecified atom stereocenters. The zero-order chi connectivity index (χ0) is 18.1. The van der Waals surface area contributed by atoms with Crippen molar-refractivity contribution in [2.45, 2.75) is 58.9 Å². The molecule has 0 radical (unpaired) electrons. The van der Waals surface area contributed by atoms with Gasteiger partial charge in [0, 0.05) is 33.0 Å². The SMILES string of the molecule is CC(=O)N(CCC(=O)NCCC1=CCCCC1)Cc1ccccc1C. The number of hydrogen-bond donors (Lipinski definition) is 1. The molecule has 2 amide bonds. The van der Waals surface area contributed by atoms with Gasteiger partial charge in [0.25, 0.3) is 0 Å². The minimum absolute atomic E-state index is 0.00316. The van der Waals surface area contributed by atoms with E-state index < -0.39 is 0 Å². The largest absolute Gasteiger partial charge is 0.356 e. The van der Waals surface area contributed by atoms with Crippen LogP contribution < -0.4 is 5.32 Å². The van der Waals surface area contributed by atoms with E-state index >= 15 is 0 Å². The summed E-state index contributed by atoms with van der Waals surface area (Å²) < 4.78 is 0. The fourth-order valence-corrected chi connectivity index (χ4v) is 3.16. The molecule has 0 aliphatic heterocycles. The second-order valence-corrected chi connectivity index (χ2v) is 6.83. The lowest BCUT2D eigenvalue weighted by atomic mass is 9.97. The maximum Gasteiger partial charge on any atom is 0.221 e. The number of hydrogen-bond acceptors (Lipinski definition) is 2. The number of carbonyl (C=O) groups excluding carboxylic acids is 2. The Bertz CT molecular complexity index is 622. The van der Waals surface area contributed by atoms with Gasteiger partial charge in [-0.1, -0.05) is 35.9 Å². The monoisotopic (exact) mass is 342 g/mol. The van der Waals surface area contributed by atoms with Crippen LogP contribution in [0, 0.1) is 6.92 Å². The summed E-state index contributed by atoms with van der Waals surface area (Å²) >= 11 is 0. The smallest absolute Gasteiger partial charge is 0.221 e. The van der Waals surface area contributed by atoms with Crippen molar-refractivity contribution in [3.8, 4) is 0 Å². The molecule has 1 aliphatic rings. The van der Waals surface area contributed by atoms with Crippen molar-refractivity contribution in [3.63, 3.8) is 0 Å². The van der Waals surface area contributed by atoms with Crippen LogP contribution >= 0.6 is 0 Å². The Morgan fingerprint density at radius 3 is 2.68 bits per heavy atom. The average molecular weight is 342 g/mol. The highest BCUT2D eigenvalue weighted by molar-refractivity contribution is 5.78. The van der Waals surface area contributed by atoms with E-state index in [9.17, 15) is 9.59 Å². The second kappa shape index (κ2) is 10.0. The number of aryl methyl sites for hydroxylation is 1. The number of amides is 2. The van der Waals surface area contributed by atoms with Crippen molar-refractivity contribution < 1.29 is 9.59 Å². The molecule has 0 atom stereocenters. The van der Waals surface area contributed by atoms with Crippen LogP contribution in [0.1, 0.15) is 56.6 Å². The number of nitrogens with zero attached hydrogens (tertiary/aromatic N) is 1. The lowest BCUT2D eigenvalue weighted by Gasteiger charge is -2.22. The third-order valence-electron chi connectivity index (χ3n) is 4.83. The lowest BCUT2D eigenvalue weighted by Crippen LogP contribution is -2.34. The van der Waals surface area contributed by atoms with Crippen LogP contribution in [0.4, 0.5) is 0 Å². The Labute approximate surface area is 151 Å². The molecule has 0 fully saturated rings. The van der Waals surface area contributed by atoms with Crippen LogP contribution in [0.15, 0.2) is 35.9 Å². The molecule has 1 aliphatic carbocycles. The standard InChI is InChI=1S/C21H30N2O2/c1-17-8-6-7-11-20(17)16-23(18(2)24)15-13-21(25)22-14-12-19-9-4-3-5-10-19/h6-9,11H,3-5,10,12-16H2,1-2H3,(H,22,25). The van der Waals surface area contributed by atoms with Gasteiger partial charge in [-0.15, -0.1) is 0 Å². The first kappa shape index (κ1) is 19.2. The highest BCUT2D eigenvalue weighted by atomic mass is 16.2. The van der Waals surface area contributed by atoms with E-state index in [0.29, 0.717) is 26.1 Å². The molecule has 1 N–H and O–H groups in total. The number of carbonyl (C=O) groups is 2. The van der Waals surface area contributed by atoms with Gasteiger partial charge >= 0.3 is 0 Å². The first-order valence-corrected chi connectivity index (χ1v) is 9.31. The molecule has 2 rings (SSSR count). The molecule has 1 aromatic carbocycles. The average Bonchev–Trinajstić information content (AvgIpc) is 2.60. The number of nitrogens with one attached hydrogen (secondary N) is 1. The summed E-state index contributed by atoms with van der Waals surface area (Å²) in [6, 6.07) is 8.04. The van der Waals surface area contributed by atoms with E-state index in [-0.39, 0.29) is 11.8 Å². The van der Waals surface area contributed by atoms with Crippen molar-refractivity contribution in [2.75, 3.05) is 13.1 Å². The van der Waals surface area contributed by atoms with Crippen LogP contribution in [-0.2, 0) is 16.1 Å². The van der Waals surface area contributed by atoms with E-state index in [1.165, 1.54) is 36.8 Å². The highest BCUT2D eigenvalue weighted by Crippen LogP contribution is 2.19. The molecule has 25 heavy (non-hydrogen) atoms. The van der Waals surface area contributed by atoms with Crippen molar-refractivity contribution in [1.29, 1.82) is 0 Å². The zero-order valence-electron chi connectivity index (χ0n) is 15.5. The summed E-state index contributed by atoms with van der Waals surface area (Å²) in [4.78, 5) is 25.7. The first-order chi connectivity index (χ1) is 12.1. The Morgan fingerprint density at radius 2 is 2.00 bits per heavy atom. The third kappa shape index (κ3) is 6.73. The van der Waals surface area contributed by atoms with Gasteiger partial charge in [-0.2, -0.15) is 0 Å². The van der Waals surface area contributed by atoms with E-state index in [0.717, 1.165) is 12.0 Å². The van der Waals surface area contributed by atoms with E-state index in [1.54, 1.807) is 11.8 Å². The summed E-state index contributed by atoms with van der Waals surface area (Å²) in [5, 5.41) is 2.98. The van der Waals surface area contributed by atoms with Crippen LogP contribution in [0.25, 0.3) is 0 Å². The molecule has 0 saturated heterocycles. The maximum atomic E-state index is 12.1. The fraction of sp³-hybridized carbons (Fsp3) is 0.524. The first-order valence-electron chi connectivity index (χ1n) is 9.31. The van der Waals surface area contributed by atoms with Crippen LogP contribution in [0.3, 0.4) is 0 Å². The van der Waals surface area contributed by atoms with Crippen molar-refractivity contribution in [3.05, 3.63) is 47.0 Å². The molecular weight excluding hydrogens is 312 g/mol. The Morgan fingerprint density at radius 1 is 1.20 bits per heavy atom. The minimum atomic E-state index is 0.00316. The van der Waals surface area contributed by atoms with Gasteiger partial charge in [-0.3, -0.25) is 9.59 Å². The third-order valence-corrected chi connectivity index (χ3v) is 4.83. The molecular formula is C21H30N2O2. The molecule has 0 heterocycles. The number of benzene rings is 1. The molecule has 0 spiro atoms. The van der Waals surface area contributed by atoms with E-state index in [1.807, 2.05) is 31.2 Å². The predicted octanol–water partition coefficient (Wildman–Crippen LogP) is 3.74. The molecule has 0 aromatic heterocycles. The van der Waals surface area contributed by atoms with Crippen LogP contribution in [0.5, 0.6) is 0 Å². The predicted molar refractivity (Wildman–Crippen MR) is 101 cm³/mol. The normalized spacial score (nSPS) is 13.9. The quantitative estimate of drug-likeness (QED) is 0.732. The lowest BCUT2D eigenvalue weighted by molar-refractivity contribution is -0.130. The fourth-order valence-electron chi connectivity index (χ4n) is 3.16. The summed E-state index contributed by atoms with van der Waals surface area (Å²) in [6.07, 6.45) is 8.52. The van der Waals surface area contributed by atoms with Crippen molar-refractivity contribution in [2.24, 2.45) is 0 Å². The zero-order valence-corrected chi connectivity index (χ0v) is 15.5. The summed E-state index contributed by atoms with van der Waals surface area (Å²) in [6.45, 7) is 5.31. The van der Waals surface area contributed by atoms with Gasteiger partial charge < -0.3 is 10.2 Å². The number of rotatable bonds is 8. The minimum Gasteiger partial charge on any atom is -0.356 e. The van der Waals surface area contributed by atoms with E-state index in [4.69, 9.17) is 0 Å². The number of allylic oxidation sites excluding steroid dienone is 1. The summed E-state index contributed by atoms with van der Waals surface area (Å²) in [7, 11) is 0. The van der Waals surface area contributed by atoms with E-state index in [2.05, 4.69) is 11.4 Å². The van der Waals surface area contributed by atoms with Crippen LogP contribution in [-0.4, -0.2) is 29.8 Å². The molecule has 4 nitrogen and oxygen atoms in total. The second-order valence-electron chi connectivity index (χ2n) is 6.83. The highest BCUT2D eigenvalue weighted by Gasteiger charge is 2.13. The van der Waals surface area contributed by atoms with Gasteiger partial charge in [0.05, 0.1) is 0 Å². The molecule has 0 saturated carbocycles. The van der Waals surface area contributed by atoms with Crippen molar-refractivity contribution >= 4 is 11.8 Å². The molecule has 1 aromatic rings.